The minimum Gasteiger partial charge on any atom is -0.378 e. The smallest absolute Gasteiger partial charge is 0.0939 e. The normalized spacial score (nSPS) is 42.8. The summed E-state index contributed by atoms with van der Waals surface area (Å²) in [6, 6.07) is 0. The van der Waals surface area contributed by atoms with E-state index in [1.807, 2.05) is 0 Å². The van der Waals surface area contributed by atoms with Crippen molar-refractivity contribution in [2.75, 3.05) is 33.4 Å². The molecule has 4 atom stereocenters. The van der Waals surface area contributed by atoms with Crippen molar-refractivity contribution in [3.63, 3.8) is 0 Å². The minimum absolute atomic E-state index is 0.0828. The van der Waals surface area contributed by atoms with Gasteiger partial charge in [0, 0.05) is 19.6 Å². The maximum Gasteiger partial charge on any atom is 0.0939 e. The highest BCUT2D eigenvalue weighted by Gasteiger charge is 2.44. The van der Waals surface area contributed by atoms with Crippen LogP contribution in [0.1, 0.15) is 51.4 Å². The van der Waals surface area contributed by atoms with E-state index in [-0.39, 0.29) is 5.60 Å². The Morgan fingerprint density at radius 3 is 2.80 bits per heavy atom. The molecule has 0 aromatic rings. The second-order valence-corrected chi connectivity index (χ2v) is 7.21. The molecule has 3 heteroatoms. The molecule has 2 heterocycles. The molecule has 0 aromatic heterocycles. The molecular weight excluding hydrogens is 250 g/mol. The van der Waals surface area contributed by atoms with Gasteiger partial charge < -0.3 is 14.8 Å². The van der Waals surface area contributed by atoms with E-state index in [4.69, 9.17) is 9.47 Å². The molecule has 1 saturated carbocycles. The van der Waals surface area contributed by atoms with Gasteiger partial charge in [-0.25, -0.2) is 0 Å². The van der Waals surface area contributed by atoms with Crippen LogP contribution in [0.5, 0.6) is 0 Å². The molecule has 4 unspecified atom stereocenters. The van der Waals surface area contributed by atoms with Gasteiger partial charge in [0.25, 0.3) is 0 Å². The zero-order chi connectivity index (χ0) is 13.8. The molecule has 0 bridgehead atoms. The Hall–Kier alpha value is -0.120. The van der Waals surface area contributed by atoms with Gasteiger partial charge in [-0.3, -0.25) is 0 Å². The molecule has 2 saturated heterocycles. The monoisotopic (exact) mass is 281 g/mol. The van der Waals surface area contributed by atoms with Gasteiger partial charge >= 0.3 is 0 Å². The van der Waals surface area contributed by atoms with E-state index < -0.39 is 0 Å². The van der Waals surface area contributed by atoms with E-state index in [1.54, 1.807) is 0 Å². The van der Waals surface area contributed by atoms with E-state index in [2.05, 4.69) is 12.4 Å². The summed E-state index contributed by atoms with van der Waals surface area (Å²) in [6.07, 6.45) is 10.8. The van der Waals surface area contributed by atoms with Crippen molar-refractivity contribution < 1.29 is 9.47 Å². The third-order valence-electron chi connectivity index (χ3n) is 5.89. The summed E-state index contributed by atoms with van der Waals surface area (Å²) in [7, 11) is 2.11. The van der Waals surface area contributed by atoms with E-state index in [9.17, 15) is 0 Å². The maximum absolute atomic E-state index is 6.13. The Labute approximate surface area is 123 Å². The number of nitrogens with one attached hydrogen (secondary N) is 1. The number of rotatable bonds is 3. The standard InChI is InChI=1S/C17H31NO2/c1-18-12-15-5-3-2-4-6-16(15)14-7-9-20-17(11-14)8-10-19-13-17/h14-16,18H,2-13H2,1H3. The number of hydrogen-bond donors (Lipinski definition) is 1. The lowest BCUT2D eigenvalue weighted by atomic mass is 9.71. The Bertz CT molecular complexity index is 301. The van der Waals surface area contributed by atoms with Gasteiger partial charge in [-0.1, -0.05) is 19.3 Å². The lowest BCUT2D eigenvalue weighted by molar-refractivity contribution is -0.111. The van der Waals surface area contributed by atoms with E-state index in [0.29, 0.717) is 0 Å². The fourth-order valence-corrected chi connectivity index (χ4v) is 4.84. The molecule has 20 heavy (non-hydrogen) atoms. The summed E-state index contributed by atoms with van der Waals surface area (Å²) >= 11 is 0. The van der Waals surface area contributed by atoms with Crippen LogP contribution >= 0.6 is 0 Å². The van der Waals surface area contributed by atoms with Gasteiger partial charge in [0.05, 0.1) is 12.2 Å². The van der Waals surface area contributed by atoms with Crippen LogP contribution in [0.4, 0.5) is 0 Å². The molecular formula is C17H31NO2. The summed E-state index contributed by atoms with van der Waals surface area (Å²) in [5, 5.41) is 3.44. The molecule has 2 aliphatic heterocycles. The average Bonchev–Trinajstić information content (AvgIpc) is 2.77. The second-order valence-electron chi connectivity index (χ2n) is 7.21. The van der Waals surface area contributed by atoms with E-state index in [1.165, 1.54) is 51.5 Å². The first-order valence-corrected chi connectivity index (χ1v) is 8.69. The predicted molar refractivity (Wildman–Crippen MR) is 80.8 cm³/mol. The topological polar surface area (TPSA) is 30.5 Å². The summed E-state index contributed by atoms with van der Waals surface area (Å²) in [5.41, 5.74) is 0.0828. The SMILES string of the molecule is CNCC1CCCCCC1C1CCOC2(CCOC2)C1. The number of hydrogen-bond acceptors (Lipinski definition) is 3. The van der Waals surface area contributed by atoms with Crippen molar-refractivity contribution in [1.82, 2.24) is 5.32 Å². The van der Waals surface area contributed by atoms with E-state index in [0.717, 1.165) is 44.0 Å². The minimum atomic E-state index is 0.0828. The molecule has 116 valence electrons. The summed E-state index contributed by atoms with van der Waals surface area (Å²) in [6.45, 7) is 3.90. The van der Waals surface area contributed by atoms with Crippen LogP contribution in [0.15, 0.2) is 0 Å². The highest BCUT2D eigenvalue weighted by Crippen LogP contribution is 2.44. The molecule has 0 radical (unpaired) electrons. The van der Waals surface area contributed by atoms with Crippen molar-refractivity contribution in [3.8, 4) is 0 Å². The molecule has 3 aliphatic rings. The van der Waals surface area contributed by atoms with Gasteiger partial charge in [-0.05, 0) is 57.0 Å². The van der Waals surface area contributed by atoms with Gasteiger partial charge in [-0.2, -0.15) is 0 Å². The van der Waals surface area contributed by atoms with Crippen molar-refractivity contribution in [2.45, 2.75) is 57.0 Å². The van der Waals surface area contributed by atoms with Gasteiger partial charge in [0.15, 0.2) is 0 Å². The first-order chi connectivity index (χ1) is 9.83. The molecule has 3 nitrogen and oxygen atoms in total. The van der Waals surface area contributed by atoms with Crippen LogP contribution in [0.2, 0.25) is 0 Å². The lowest BCUT2D eigenvalue weighted by Crippen LogP contribution is -2.44. The predicted octanol–water partition coefficient (Wildman–Crippen LogP) is 2.99. The van der Waals surface area contributed by atoms with Crippen molar-refractivity contribution in [3.05, 3.63) is 0 Å². The first-order valence-electron chi connectivity index (χ1n) is 8.69. The third kappa shape index (κ3) is 3.20. The van der Waals surface area contributed by atoms with Gasteiger partial charge in [-0.15, -0.1) is 0 Å². The molecule has 0 aromatic carbocycles. The molecule has 1 aliphatic carbocycles. The Morgan fingerprint density at radius 1 is 1.10 bits per heavy atom. The van der Waals surface area contributed by atoms with Crippen LogP contribution in [0.3, 0.4) is 0 Å². The summed E-state index contributed by atoms with van der Waals surface area (Å²) < 4.78 is 11.8. The van der Waals surface area contributed by atoms with Crippen LogP contribution in [0, 0.1) is 17.8 Å². The maximum atomic E-state index is 6.13. The van der Waals surface area contributed by atoms with Gasteiger partial charge in [0.2, 0.25) is 0 Å². The van der Waals surface area contributed by atoms with Crippen molar-refractivity contribution in [2.24, 2.45) is 17.8 Å². The van der Waals surface area contributed by atoms with Crippen LogP contribution < -0.4 is 5.32 Å². The highest BCUT2D eigenvalue weighted by atomic mass is 16.6. The third-order valence-corrected chi connectivity index (χ3v) is 5.89. The van der Waals surface area contributed by atoms with Crippen LogP contribution in [-0.2, 0) is 9.47 Å². The largest absolute Gasteiger partial charge is 0.378 e. The first kappa shape index (κ1) is 14.8. The molecule has 3 fully saturated rings. The van der Waals surface area contributed by atoms with Crippen LogP contribution in [0.25, 0.3) is 0 Å². The highest BCUT2D eigenvalue weighted by molar-refractivity contribution is 4.93. The Kier molecular flexibility index (Phi) is 5.00. The molecule has 3 rings (SSSR count). The lowest BCUT2D eigenvalue weighted by Gasteiger charge is -2.42. The molecule has 1 N–H and O–H groups in total. The second kappa shape index (κ2) is 6.76. The zero-order valence-electron chi connectivity index (χ0n) is 13.0. The summed E-state index contributed by atoms with van der Waals surface area (Å²) in [5.74, 6) is 2.65. The Balaban J connectivity index is 1.68. The van der Waals surface area contributed by atoms with Crippen LogP contribution in [-0.4, -0.2) is 39.0 Å². The Morgan fingerprint density at radius 2 is 2.00 bits per heavy atom. The quantitative estimate of drug-likeness (QED) is 0.807. The molecule has 1 spiro atoms. The van der Waals surface area contributed by atoms with E-state index >= 15 is 0 Å². The molecule has 0 amide bonds. The van der Waals surface area contributed by atoms with Crippen molar-refractivity contribution in [1.29, 1.82) is 0 Å². The summed E-state index contributed by atoms with van der Waals surface area (Å²) in [4.78, 5) is 0. The number of ether oxygens (including phenoxy) is 2. The zero-order valence-corrected chi connectivity index (χ0v) is 13.0. The van der Waals surface area contributed by atoms with Crippen molar-refractivity contribution >= 4 is 0 Å². The average molecular weight is 281 g/mol. The fraction of sp³-hybridized carbons (Fsp3) is 1.00. The fourth-order valence-electron chi connectivity index (χ4n) is 4.84. The van der Waals surface area contributed by atoms with Gasteiger partial charge in [0.1, 0.15) is 0 Å².